The van der Waals surface area contributed by atoms with Gasteiger partial charge < -0.3 is 19.9 Å². The Balaban J connectivity index is 2.52. The Hall–Kier alpha value is -1.42. The smallest absolute Gasteiger partial charge is 0.166 e. The minimum atomic E-state index is -0.342. The number of hydrogen-bond acceptors (Lipinski definition) is 4. The van der Waals surface area contributed by atoms with E-state index in [0.717, 1.165) is 42.7 Å². The van der Waals surface area contributed by atoms with Crippen LogP contribution in [0.2, 0.25) is 0 Å². The van der Waals surface area contributed by atoms with Crippen LogP contribution in [0.5, 0.6) is 17.2 Å². The van der Waals surface area contributed by atoms with E-state index < -0.39 is 0 Å². The third-order valence-corrected chi connectivity index (χ3v) is 3.97. The van der Waals surface area contributed by atoms with Crippen molar-refractivity contribution in [3.05, 3.63) is 17.7 Å². The van der Waals surface area contributed by atoms with Crippen molar-refractivity contribution in [3.63, 3.8) is 0 Å². The maximum atomic E-state index is 6.61. The number of nitrogens with two attached hydrogens (primary N) is 1. The Kier molecular flexibility index (Phi) is 4.20. The van der Waals surface area contributed by atoms with E-state index in [0.29, 0.717) is 5.75 Å². The molecule has 1 aliphatic carbocycles. The fourth-order valence-corrected chi connectivity index (χ4v) is 2.88. The first-order valence-corrected chi connectivity index (χ1v) is 6.74. The van der Waals surface area contributed by atoms with Gasteiger partial charge in [0.15, 0.2) is 11.5 Å². The fourth-order valence-electron chi connectivity index (χ4n) is 2.88. The normalized spacial score (nSPS) is 17.9. The van der Waals surface area contributed by atoms with Crippen molar-refractivity contribution in [1.82, 2.24) is 0 Å². The summed E-state index contributed by atoms with van der Waals surface area (Å²) in [4.78, 5) is 0. The van der Waals surface area contributed by atoms with Crippen molar-refractivity contribution < 1.29 is 14.2 Å². The number of benzene rings is 1. The third-order valence-electron chi connectivity index (χ3n) is 3.97. The molecular weight excluding hydrogens is 242 g/mol. The van der Waals surface area contributed by atoms with Gasteiger partial charge in [0, 0.05) is 17.2 Å². The molecule has 1 aromatic rings. The van der Waals surface area contributed by atoms with Gasteiger partial charge in [0.1, 0.15) is 5.75 Å². The number of hydrogen-bond donors (Lipinski definition) is 1. The lowest BCUT2D eigenvalue weighted by Gasteiger charge is -2.35. The number of ether oxygens (including phenoxy) is 3. The molecule has 2 rings (SSSR count). The maximum absolute atomic E-state index is 6.61. The van der Waals surface area contributed by atoms with Crippen molar-refractivity contribution in [2.45, 2.75) is 37.6 Å². The van der Waals surface area contributed by atoms with Gasteiger partial charge in [-0.1, -0.05) is 19.3 Å². The summed E-state index contributed by atoms with van der Waals surface area (Å²) < 4.78 is 16.3. The predicted octanol–water partition coefficient (Wildman–Crippen LogP) is 2.83. The molecule has 1 aromatic carbocycles. The highest BCUT2D eigenvalue weighted by molar-refractivity contribution is 5.54. The van der Waals surface area contributed by atoms with Crippen molar-refractivity contribution in [1.29, 1.82) is 0 Å². The average molecular weight is 265 g/mol. The van der Waals surface area contributed by atoms with Crippen LogP contribution in [-0.4, -0.2) is 21.3 Å². The largest absolute Gasteiger partial charge is 0.497 e. The lowest BCUT2D eigenvalue weighted by atomic mass is 9.77. The van der Waals surface area contributed by atoms with Crippen LogP contribution in [0.1, 0.15) is 37.7 Å². The quantitative estimate of drug-likeness (QED) is 0.909. The molecule has 0 amide bonds. The highest BCUT2D eigenvalue weighted by atomic mass is 16.5. The lowest BCUT2D eigenvalue weighted by molar-refractivity contribution is 0.279. The zero-order valence-corrected chi connectivity index (χ0v) is 12.0. The van der Waals surface area contributed by atoms with Gasteiger partial charge in [-0.3, -0.25) is 0 Å². The van der Waals surface area contributed by atoms with E-state index in [1.165, 1.54) is 6.42 Å². The van der Waals surface area contributed by atoms with Gasteiger partial charge in [-0.05, 0) is 18.9 Å². The SMILES string of the molecule is COc1cc(OC)c(OC)c(C2(N)CCCCC2)c1. The Morgan fingerprint density at radius 3 is 2.16 bits per heavy atom. The van der Waals surface area contributed by atoms with Gasteiger partial charge in [0.05, 0.1) is 21.3 Å². The maximum Gasteiger partial charge on any atom is 0.166 e. The summed E-state index contributed by atoms with van der Waals surface area (Å²) >= 11 is 0. The van der Waals surface area contributed by atoms with E-state index in [2.05, 4.69) is 0 Å². The van der Waals surface area contributed by atoms with Crippen LogP contribution in [0.15, 0.2) is 12.1 Å². The van der Waals surface area contributed by atoms with Crippen LogP contribution in [0.4, 0.5) is 0 Å². The van der Waals surface area contributed by atoms with E-state index in [1.54, 1.807) is 21.3 Å². The summed E-state index contributed by atoms with van der Waals surface area (Å²) in [5, 5.41) is 0. The highest BCUT2D eigenvalue weighted by Crippen LogP contribution is 2.45. The van der Waals surface area contributed by atoms with Crippen LogP contribution in [0.25, 0.3) is 0 Å². The first-order valence-electron chi connectivity index (χ1n) is 6.74. The minimum Gasteiger partial charge on any atom is -0.497 e. The molecule has 0 heterocycles. The monoisotopic (exact) mass is 265 g/mol. The summed E-state index contributed by atoms with van der Waals surface area (Å²) in [5.41, 5.74) is 7.26. The molecule has 1 fully saturated rings. The average Bonchev–Trinajstić information content (AvgIpc) is 2.46. The lowest BCUT2D eigenvalue weighted by Crippen LogP contribution is -2.39. The topological polar surface area (TPSA) is 53.7 Å². The highest BCUT2D eigenvalue weighted by Gasteiger charge is 2.34. The molecule has 106 valence electrons. The molecule has 19 heavy (non-hydrogen) atoms. The van der Waals surface area contributed by atoms with Gasteiger partial charge in [-0.15, -0.1) is 0 Å². The molecular formula is C15H23NO3. The van der Waals surface area contributed by atoms with Crippen LogP contribution in [0, 0.1) is 0 Å². The second-order valence-electron chi connectivity index (χ2n) is 5.13. The van der Waals surface area contributed by atoms with E-state index in [9.17, 15) is 0 Å². The zero-order chi connectivity index (χ0) is 13.9. The molecule has 0 atom stereocenters. The summed E-state index contributed by atoms with van der Waals surface area (Å²) in [6, 6.07) is 3.81. The summed E-state index contributed by atoms with van der Waals surface area (Å²) in [6.45, 7) is 0. The number of rotatable bonds is 4. The zero-order valence-electron chi connectivity index (χ0n) is 12.0. The van der Waals surface area contributed by atoms with Crippen molar-refractivity contribution in [3.8, 4) is 17.2 Å². The molecule has 0 aromatic heterocycles. The standard InChI is InChI=1S/C15H23NO3/c1-17-11-9-12(14(19-3)13(10-11)18-2)15(16)7-5-4-6-8-15/h9-10H,4-8,16H2,1-3H3. The Morgan fingerprint density at radius 1 is 0.947 bits per heavy atom. The molecule has 0 unspecified atom stereocenters. The van der Waals surface area contributed by atoms with Crippen molar-refractivity contribution in [2.75, 3.05) is 21.3 Å². The Labute approximate surface area is 114 Å². The summed E-state index contributed by atoms with van der Waals surface area (Å²) in [6.07, 6.45) is 5.50. The van der Waals surface area contributed by atoms with Crippen molar-refractivity contribution >= 4 is 0 Å². The molecule has 0 radical (unpaired) electrons. The van der Waals surface area contributed by atoms with E-state index in [4.69, 9.17) is 19.9 Å². The van der Waals surface area contributed by atoms with Gasteiger partial charge in [-0.2, -0.15) is 0 Å². The van der Waals surface area contributed by atoms with Crippen LogP contribution >= 0.6 is 0 Å². The number of methoxy groups -OCH3 is 3. The summed E-state index contributed by atoms with van der Waals surface area (Å²) in [5.74, 6) is 2.16. The first-order chi connectivity index (χ1) is 9.14. The Morgan fingerprint density at radius 2 is 1.63 bits per heavy atom. The van der Waals surface area contributed by atoms with Gasteiger partial charge in [0.2, 0.25) is 0 Å². The first kappa shape index (κ1) is 14.0. The Bertz CT molecular complexity index is 439. The van der Waals surface area contributed by atoms with Crippen molar-refractivity contribution in [2.24, 2.45) is 5.73 Å². The molecule has 1 saturated carbocycles. The predicted molar refractivity (Wildman–Crippen MR) is 75.0 cm³/mol. The molecule has 4 nitrogen and oxygen atoms in total. The van der Waals surface area contributed by atoms with Crippen LogP contribution in [-0.2, 0) is 5.54 Å². The molecule has 0 saturated heterocycles. The molecule has 0 spiro atoms. The summed E-state index contributed by atoms with van der Waals surface area (Å²) in [7, 11) is 4.93. The second-order valence-corrected chi connectivity index (χ2v) is 5.13. The van der Waals surface area contributed by atoms with E-state index >= 15 is 0 Å². The molecule has 0 aliphatic heterocycles. The van der Waals surface area contributed by atoms with Gasteiger partial charge >= 0.3 is 0 Å². The van der Waals surface area contributed by atoms with Crippen LogP contribution < -0.4 is 19.9 Å². The molecule has 1 aliphatic rings. The minimum absolute atomic E-state index is 0.342. The molecule has 2 N–H and O–H groups in total. The third kappa shape index (κ3) is 2.63. The van der Waals surface area contributed by atoms with Crippen LogP contribution in [0.3, 0.4) is 0 Å². The molecule has 0 bridgehead atoms. The van der Waals surface area contributed by atoms with E-state index in [-0.39, 0.29) is 5.54 Å². The van der Waals surface area contributed by atoms with Gasteiger partial charge in [0.25, 0.3) is 0 Å². The second kappa shape index (κ2) is 5.70. The fraction of sp³-hybridized carbons (Fsp3) is 0.600. The molecule has 4 heteroatoms. The van der Waals surface area contributed by atoms with Gasteiger partial charge in [-0.25, -0.2) is 0 Å². The van der Waals surface area contributed by atoms with E-state index in [1.807, 2.05) is 12.1 Å².